The number of nitrogens with one attached hydrogen (secondary N) is 1. The maximum Gasteiger partial charge on any atom is 0.228 e. The lowest BCUT2D eigenvalue weighted by Crippen LogP contribution is -2.48. The fourth-order valence-corrected chi connectivity index (χ4v) is 3.39. The van der Waals surface area contributed by atoms with Crippen molar-refractivity contribution in [2.45, 2.75) is 39.0 Å². The number of rotatable bonds is 4. The molecule has 18 heavy (non-hydrogen) atoms. The van der Waals surface area contributed by atoms with Crippen molar-refractivity contribution in [3.63, 3.8) is 0 Å². The summed E-state index contributed by atoms with van der Waals surface area (Å²) in [5.74, 6) is 0.876. The van der Waals surface area contributed by atoms with Crippen molar-refractivity contribution in [2.24, 2.45) is 11.3 Å². The summed E-state index contributed by atoms with van der Waals surface area (Å²) in [5.41, 5.74) is -0.112. The molecule has 0 radical (unpaired) electrons. The predicted octanol–water partition coefficient (Wildman–Crippen LogP) is 0.997. The Hall–Kier alpha value is -0.610. The molecule has 2 aliphatic rings. The van der Waals surface area contributed by atoms with Gasteiger partial charge >= 0.3 is 0 Å². The van der Waals surface area contributed by atoms with E-state index in [-0.39, 0.29) is 12.0 Å². The zero-order chi connectivity index (χ0) is 13.0. The Kier molecular flexibility index (Phi) is 4.62. The third-order valence-corrected chi connectivity index (χ3v) is 4.80. The third-order valence-electron chi connectivity index (χ3n) is 4.80. The summed E-state index contributed by atoms with van der Waals surface area (Å²) in [6.45, 7) is 6.06. The smallest absolute Gasteiger partial charge is 0.228 e. The van der Waals surface area contributed by atoms with Crippen LogP contribution in [0.25, 0.3) is 0 Å². The van der Waals surface area contributed by atoms with Gasteiger partial charge in [-0.15, -0.1) is 0 Å². The van der Waals surface area contributed by atoms with Gasteiger partial charge in [-0.3, -0.25) is 4.79 Å². The van der Waals surface area contributed by atoms with Gasteiger partial charge in [0.05, 0.1) is 5.41 Å². The number of amides is 1. The van der Waals surface area contributed by atoms with Crippen molar-refractivity contribution >= 4 is 5.91 Å². The summed E-state index contributed by atoms with van der Waals surface area (Å²) >= 11 is 0. The molecule has 104 valence electrons. The molecule has 0 spiro atoms. The van der Waals surface area contributed by atoms with E-state index in [1.54, 1.807) is 0 Å². The van der Waals surface area contributed by atoms with Crippen LogP contribution in [-0.2, 0) is 4.79 Å². The van der Waals surface area contributed by atoms with Crippen LogP contribution < -0.4 is 5.32 Å². The van der Waals surface area contributed by atoms with Crippen LogP contribution >= 0.6 is 0 Å². The van der Waals surface area contributed by atoms with E-state index in [9.17, 15) is 4.79 Å². The Labute approximate surface area is 110 Å². The molecule has 0 aliphatic carbocycles. The molecule has 1 amide bonds. The third kappa shape index (κ3) is 2.69. The minimum absolute atomic E-state index is 0.112. The quantitative estimate of drug-likeness (QED) is 0.787. The lowest BCUT2D eigenvalue weighted by atomic mass is 9.75. The highest BCUT2D eigenvalue weighted by atomic mass is 16.3. The second-order valence-electron chi connectivity index (χ2n) is 5.80. The molecular weight excluding hydrogens is 228 g/mol. The number of hydrogen-bond donors (Lipinski definition) is 2. The van der Waals surface area contributed by atoms with Gasteiger partial charge in [-0.25, -0.2) is 0 Å². The molecule has 0 aromatic heterocycles. The highest BCUT2D eigenvalue weighted by molar-refractivity contribution is 5.83. The summed E-state index contributed by atoms with van der Waals surface area (Å²) < 4.78 is 0. The van der Waals surface area contributed by atoms with Crippen LogP contribution in [-0.4, -0.2) is 48.7 Å². The lowest BCUT2D eigenvalue weighted by Gasteiger charge is -2.38. The van der Waals surface area contributed by atoms with Crippen LogP contribution in [0, 0.1) is 11.3 Å². The average Bonchev–Trinajstić information content (AvgIpc) is 2.87. The predicted molar refractivity (Wildman–Crippen MR) is 71.2 cm³/mol. The number of nitrogens with zero attached hydrogens (tertiary/aromatic N) is 1. The fourth-order valence-electron chi connectivity index (χ4n) is 3.39. The van der Waals surface area contributed by atoms with Crippen LogP contribution in [0.1, 0.15) is 39.0 Å². The number of aliphatic hydroxyl groups is 1. The molecule has 2 N–H and O–H groups in total. The maximum atomic E-state index is 12.7. The first-order valence-electron chi connectivity index (χ1n) is 7.33. The van der Waals surface area contributed by atoms with Crippen molar-refractivity contribution < 1.29 is 9.90 Å². The van der Waals surface area contributed by atoms with Crippen LogP contribution in [0.4, 0.5) is 0 Å². The summed E-state index contributed by atoms with van der Waals surface area (Å²) in [4.78, 5) is 14.8. The minimum Gasteiger partial charge on any atom is -0.396 e. The van der Waals surface area contributed by atoms with E-state index in [1.807, 2.05) is 0 Å². The van der Waals surface area contributed by atoms with E-state index in [4.69, 9.17) is 5.11 Å². The highest BCUT2D eigenvalue weighted by Crippen LogP contribution is 2.36. The van der Waals surface area contributed by atoms with Crippen LogP contribution in [0.3, 0.4) is 0 Å². The van der Waals surface area contributed by atoms with Crippen LogP contribution in [0.2, 0.25) is 0 Å². The van der Waals surface area contributed by atoms with Crippen LogP contribution in [0.15, 0.2) is 0 Å². The number of hydrogen-bond acceptors (Lipinski definition) is 3. The molecule has 4 nitrogen and oxygen atoms in total. The first-order valence-corrected chi connectivity index (χ1v) is 7.33. The van der Waals surface area contributed by atoms with Gasteiger partial charge in [0.2, 0.25) is 5.91 Å². The lowest BCUT2D eigenvalue weighted by molar-refractivity contribution is -0.143. The van der Waals surface area contributed by atoms with Gasteiger partial charge in [-0.05, 0) is 51.1 Å². The topological polar surface area (TPSA) is 52.6 Å². The summed E-state index contributed by atoms with van der Waals surface area (Å²) in [6, 6.07) is 0. The van der Waals surface area contributed by atoms with Crippen molar-refractivity contribution in [1.82, 2.24) is 10.2 Å². The number of likely N-dealkylation sites (tertiary alicyclic amines) is 1. The van der Waals surface area contributed by atoms with Gasteiger partial charge in [0.25, 0.3) is 0 Å². The first-order chi connectivity index (χ1) is 8.72. The average molecular weight is 254 g/mol. The van der Waals surface area contributed by atoms with E-state index in [0.717, 1.165) is 58.3 Å². The molecule has 4 heteroatoms. The van der Waals surface area contributed by atoms with E-state index >= 15 is 0 Å². The van der Waals surface area contributed by atoms with E-state index < -0.39 is 0 Å². The molecule has 0 aromatic carbocycles. The Morgan fingerprint density at radius 1 is 1.44 bits per heavy atom. The molecule has 2 saturated heterocycles. The van der Waals surface area contributed by atoms with Gasteiger partial charge in [-0.1, -0.05) is 6.92 Å². The molecule has 0 aromatic rings. The second kappa shape index (κ2) is 6.02. The molecule has 2 aliphatic heterocycles. The molecule has 1 atom stereocenters. The zero-order valence-electron chi connectivity index (χ0n) is 11.5. The van der Waals surface area contributed by atoms with Gasteiger partial charge in [0.1, 0.15) is 0 Å². The van der Waals surface area contributed by atoms with Gasteiger partial charge in [-0.2, -0.15) is 0 Å². The molecule has 0 saturated carbocycles. The Bertz CT molecular complexity index is 288. The molecule has 2 fully saturated rings. The molecule has 1 unspecified atom stereocenters. The van der Waals surface area contributed by atoms with Crippen molar-refractivity contribution in [1.29, 1.82) is 0 Å². The molecular formula is C14H26N2O2. The zero-order valence-corrected chi connectivity index (χ0v) is 11.5. The molecule has 2 heterocycles. The Balaban J connectivity index is 1.97. The summed E-state index contributed by atoms with van der Waals surface area (Å²) in [7, 11) is 0. The number of carbonyl (C=O) groups excluding carboxylic acids is 1. The Morgan fingerprint density at radius 2 is 2.17 bits per heavy atom. The second-order valence-corrected chi connectivity index (χ2v) is 5.80. The van der Waals surface area contributed by atoms with Crippen molar-refractivity contribution in [3.8, 4) is 0 Å². The van der Waals surface area contributed by atoms with Gasteiger partial charge < -0.3 is 15.3 Å². The summed E-state index contributed by atoms with van der Waals surface area (Å²) in [5, 5.41) is 12.3. The standard InChI is InChI=1S/C14H26N2O2/c1-2-14(5-7-15-8-6-14)13(18)16-9-3-12(11-16)4-10-17/h12,15,17H,2-11H2,1H3. The molecule has 0 bridgehead atoms. The maximum absolute atomic E-state index is 12.7. The van der Waals surface area contributed by atoms with Gasteiger partial charge in [0.15, 0.2) is 0 Å². The van der Waals surface area contributed by atoms with Crippen LogP contribution in [0.5, 0.6) is 0 Å². The normalized spacial score (nSPS) is 27.4. The molecule has 2 rings (SSSR count). The minimum atomic E-state index is -0.112. The van der Waals surface area contributed by atoms with E-state index in [2.05, 4.69) is 17.1 Å². The summed E-state index contributed by atoms with van der Waals surface area (Å²) in [6.07, 6.45) is 4.80. The monoisotopic (exact) mass is 254 g/mol. The first kappa shape index (κ1) is 13.8. The van der Waals surface area contributed by atoms with Gasteiger partial charge in [0, 0.05) is 19.7 Å². The SMILES string of the molecule is CCC1(C(=O)N2CCC(CCO)C2)CCNCC1. The fraction of sp³-hybridized carbons (Fsp3) is 0.929. The van der Waals surface area contributed by atoms with E-state index in [1.165, 1.54) is 0 Å². The number of carbonyl (C=O) groups is 1. The van der Waals surface area contributed by atoms with Crippen molar-refractivity contribution in [2.75, 3.05) is 32.8 Å². The number of piperidine rings is 1. The Morgan fingerprint density at radius 3 is 2.78 bits per heavy atom. The largest absolute Gasteiger partial charge is 0.396 e. The van der Waals surface area contributed by atoms with Crippen molar-refractivity contribution in [3.05, 3.63) is 0 Å². The van der Waals surface area contributed by atoms with E-state index in [0.29, 0.717) is 11.8 Å². The highest BCUT2D eigenvalue weighted by Gasteiger charge is 2.42. The number of aliphatic hydroxyl groups excluding tert-OH is 1.